The highest BCUT2D eigenvalue weighted by Gasteiger charge is 2.34. The molecule has 7 heteroatoms. The number of thioether (sulfide) groups is 1. The molecule has 1 aliphatic rings. The molecule has 3 aromatic heterocycles. The van der Waals surface area contributed by atoms with Crippen LogP contribution in [0, 0.1) is 5.41 Å². The number of aliphatic carboxylic acids is 1. The molecule has 0 spiro atoms. The highest BCUT2D eigenvalue weighted by atomic mass is 32.2. The number of nitrogens with zero attached hydrogens (tertiary/aromatic N) is 3. The van der Waals surface area contributed by atoms with Gasteiger partial charge in [0.2, 0.25) is 0 Å². The summed E-state index contributed by atoms with van der Waals surface area (Å²) in [5, 5.41) is 12.7. The molecular formula is C38H35N3O3S. The Balaban J connectivity index is 1.27. The van der Waals surface area contributed by atoms with E-state index in [0.717, 1.165) is 61.7 Å². The molecule has 0 bridgehead atoms. The highest BCUT2D eigenvalue weighted by Crippen LogP contribution is 2.48. The Hall–Kier alpha value is -4.62. The summed E-state index contributed by atoms with van der Waals surface area (Å²) < 4.78 is 8.76. The van der Waals surface area contributed by atoms with Crippen LogP contribution >= 0.6 is 11.8 Å². The summed E-state index contributed by atoms with van der Waals surface area (Å²) in [4.78, 5) is 23.1. The minimum atomic E-state index is -0.933. The van der Waals surface area contributed by atoms with E-state index in [4.69, 9.17) is 9.72 Å². The van der Waals surface area contributed by atoms with Crippen molar-refractivity contribution in [1.29, 1.82) is 0 Å². The zero-order chi connectivity index (χ0) is 31.1. The van der Waals surface area contributed by atoms with Gasteiger partial charge >= 0.3 is 5.97 Å². The normalized spacial score (nSPS) is 14.6. The first-order chi connectivity index (χ1) is 21.8. The van der Waals surface area contributed by atoms with Crippen LogP contribution in [-0.4, -0.2) is 30.9 Å². The monoisotopic (exact) mass is 613 g/mol. The van der Waals surface area contributed by atoms with Crippen molar-refractivity contribution in [3.63, 3.8) is 0 Å². The van der Waals surface area contributed by atoms with Gasteiger partial charge in [0.05, 0.1) is 34.4 Å². The fourth-order valence-electron chi connectivity index (χ4n) is 6.17. The number of carboxylic acids is 1. The maximum Gasteiger partial charge on any atom is 0.309 e. The molecule has 226 valence electrons. The lowest BCUT2D eigenvalue weighted by Crippen LogP contribution is -2.28. The molecule has 0 saturated carbocycles. The number of benzene rings is 3. The number of rotatable bonds is 9. The lowest BCUT2D eigenvalue weighted by molar-refractivity contribution is -0.146. The number of pyridine rings is 2. The highest BCUT2D eigenvalue weighted by molar-refractivity contribution is 8.00. The lowest BCUT2D eigenvalue weighted by atomic mass is 9.88. The summed E-state index contributed by atoms with van der Waals surface area (Å²) in [5.41, 5.74) is 7.34. The molecule has 0 aliphatic carbocycles. The van der Waals surface area contributed by atoms with E-state index in [0.29, 0.717) is 24.8 Å². The summed E-state index contributed by atoms with van der Waals surface area (Å²) in [7, 11) is 0. The Morgan fingerprint density at radius 3 is 2.51 bits per heavy atom. The number of aromatic nitrogens is 3. The molecule has 1 N–H and O–H groups in total. The van der Waals surface area contributed by atoms with Crippen molar-refractivity contribution in [1.82, 2.24) is 14.5 Å². The van der Waals surface area contributed by atoms with Gasteiger partial charge in [-0.3, -0.25) is 14.8 Å². The van der Waals surface area contributed by atoms with E-state index >= 15 is 0 Å². The van der Waals surface area contributed by atoms with Gasteiger partial charge in [-0.05, 0) is 56.2 Å². The Labute approximate surface area is 267 Å². The largest absolute Gasteiger partial charge is 0.487 e. The zero-order valence-corrected chi connectivity index (χ0v) is 26.5. The third-order valence-electron chi connectivity index (χ3n) is 8.64. The van der Waals surface area contributed by atoms with Crippen molar-refractivity contribution >= 4 is 39.5 Å². The van der Waals surface area contributed by atoms with Crippen LogP contribution in [0.15, 0.2) is 102 Å². The van der Waals surface area contributed by atoms with E-state index in [9.17, 15) is 9.90 Å². The van der Waals surface area contributed by atoms with Gasteiger partial charge in [0.15, 0.2) is 0 Å². The molecule has 7 rings (SSSR count). The summed E-state index contributed by atoms with van der Waals surface area (Å²) >= 11 is 1.84. The molecule has 0 radical (unpaired) electrons. The number of carboxylic acid groups (broad SMARTS) is 1. The standard InChI is InChI=1S/C38H35N3O3S/c1-24-19-30-34(44-23-29-16-14-27(21-39-29)25-9-5-4-6-10-25)18-17-32-35(30)36(45-24)33(20-38(2,3)37(42)43)41(32)22-28-15-13-26-11-7-8-12-31(26)40-28/h4-18,21,24H,19-20,22-23H2,1-3H3,(H,42,43). The van der Waals surface area contributed by atoms with Gasteiger partial charge in [-0.15, -0.1) is 11.8 Å². The molecule has 6 aromatic rings. The molecular weight excluding hydrogens is 579 g/mol. The zero-order valence-electron chi connectivity index (χ0n) is 25.7. The van der Waals surface area contributed by atoms with Crippen LogP contribution in [0.3, 0.4) is 0 Å². The number of carbonyl (C=O) groups is 1. The number of ether oxygens (including phenoxy) is 1. The molecule has 45 heavy (non-hydrogen) atoms. The number of fused-ring (bicyclic) bond motifs is 1. The SMILES string of the molecule is CC1Cc2c(OCc3ccc(-c4ccccc4)cn3)ccc3c2c(c(CC(C)(C)C(=O)O)n3Cc2ccc3ccccc3n2)S1. The molecule has 3 aromatic carbocycles. The Morgan fingerprint density at radius 1 is 0.956 bits per heavy atom. The van der Waals surface area contributed by atoms with Gasteiger partial charge in [-0.2, -0.15) is 0 Å². The quantitative estimate of drug-likeness (QED) is 0.176. The smallest absolute Gasteiger partial charge is 0.309 e. The third kappa shape index (κ3) is 5.69. The fraction of sp³-hybridized carbons (Fsp3) is 0.237. The maximum atomic E-state index is 12.3. The van der Waals surface area contributed by atoms with E-state index in [2.05, 4.69) is 65.0 Å². The first-order valence-electron chi connectivity index (χ1n) is 15.3. The molecule has 0 saturated heterocycles. The number of hydrogen-bond acceptors (Lipinski definition) is 5. The van der Waals surface area contributed by atoms with Crippen LogP contribution in [0.2, 0.25) is 0 Å². The second-order valence-electron chi connectivity index (χ2n) is 12.5. The van der Waals surface area contributed by atoms with E-state index in [-0.39, 0.29) is 0 Å². The number of hydrogen-bond donors (Lipinski definition) is 1. The molecule has 1 unspecified atom stereocenters. The molecule has 1 atom stereocenters. The average molecular weight is 614 g/mol. The van der Waals surface area contributed by atoms with Crippen LogP contribution in [0.4, 0.5) is 0 Å². The van der Waals surface area contributed by atoms with Gasteiger partial charge in [-0.1, -0.05) is 67.6 Å². The maximum absolute atomic E-state index is 12.3. The van der Waals surface area contributed by atoms with Crippen molar-refractivity contribution in [2.24, 2.45) is 5.41 Å². The third-order valence-corrected chi connectivity index (χ3v) is 9.88. The minimum Gasteiger partial charge on any atom is -0.487 e. The number of para-hydroxylation sites is 1. The molecule has 0 amide bonds. The van der Waals surface area contributed by atoms with Crippen molar-refractivity contribution in [2.45, 2.75) is 56.9 Å². The van der Waals surface area contributed by atoms with Crippen molar-refractivity contribution in [3.05, 3.63) is 120 Å². The van der Waals surface area contributed by atoms with Crippen molar-refractivity contribution in [3.8, 4) is 16.9 Å². The van der Waals surface area contributed by atoms with Gasteiger partial charge in [-0.25, -0.2) is 0 Å². The first kappa shape index (κ1) is 29.1. The molecule has 1 aliphatic heterocycles. The van der Waals surface area contributed by atoms with Crippen LogP contribution in [0.5, 0.6) is 5.75 Å². The van der Waals surface area contributed by atoms with Crippen molar-refractivity contribution in [2.75, 3.05) is 0 Å². The topological polar surface area (TPSA) is 77.2 Å². The lowest BCUT2D eigenvalue weighted by Gasteiger charge is -2.24. The molecule has 6 nitrogen and oxygen atoms in total. The van der Waals surface area contributed by atoms with Crippen molar-refractivity contribution < 1.29 is 14.6 Å². The second kappa shape index (κ2) is 11.7. The van der Waals surface area contributed by atoms with Gasteiger partial charge in [0.1, 0.15) is 12.4 Å². The van der Waals surface area contributed by atoms with Crippen LogP contribution in [0.25, 0.3) is 32.9 Å². The van der Waals surface area contributed by atoms with Crippen LogP contribution in [-0.2, 0) is 30.8 Å². The predicted molar refractivity (Wildman–Crippen MR) is 181 cm³/mol. The minimum absolute atomic E-state index is 0.315. The van der Waals surface area contributed by atoms with Gasteiger partial charge in [0, 0.05) is 50.4 Å². The molecule has 0 fully saturated rings. The van der Waals surface area contributed by atoms with Gasteiger partial charge < -0.3 is 14.4 Å². The second-order valence-corrected chi connectivity index (χ2v) is 13.9. The fourth-order valence-corrected chi connectivity index (χ4v) is 7.49. The summed E-state index contributed by atoms with van der Waals surface area (Å²) in [6.45, 7) is 6.76. The summed E-state index contributed by atoms with van der Waals surface area (Å²) in [6, 6.07) is 30.8. The van der Waals surface area contributed by atoms with Crippen LogP contribution < -0.4 is 4.74 Å². The van der Waals surface area contributed by atoms with E-state index in [1.165, 1.54) is 10.9 Å². The predicted octanol–water partition coefficient (Wildman–Crippen LogP) is 8.57. The summed E-state index contributed by atoms with van der Waals surface area (Å²) in [6.07, 6.45) is 3.17. The Morgan fingerprint density at radius 2 is 1.73 bits per heavy atom. The van der Waals surface area contributed by atoms with E-state index < -0.39 is 11.4 Å². The van der Waals surface area contributed by atoms with Crippen LogP contribution in [0.1, 0.15) is 43.4 Å². The van der Waals surface area contributed by atoms with Gasteiger partial charge in [0.25, 0.3) is 0 Å². The van der Waals surface area contributed by atoms with E-state index in [1.54, 1.807) is 13.8 Å². The first-order valence-corrected chi connectivity index (χ1v) is 16.2. The summed E-state index contributed by atoms with van der Waals surface area (Å²) in [5.74, 6) is 0.0501. The Bertz CT molecular complexity index is 2030. The molecule has 4 heterocycles. The Kier molecular flexibility index (Phi) is 7.58. The van der Waals surface area contributed by atoms with E-state index in [1.807, 2.05) is 60.4 Å². The average Bonchev–Trinajstić information content (AvgIpc) is 3.32.